The Labute approximate surface area is 148 Å². The lowest BCUT2D eigenvalue weighted by atomic mass is 9.89. The molecular formula is C19H24Cl2N2. The largest absolute Gasteiger partial charge is 0.398 e. The van der Waals surface area contributed by atoms with E-state index in [0.717, 1.165) is 41.8 Å². The molecule has 2 rings (SSSR count). The summed E-state index contributed by atoms with van der Waals surface area (Å²) >= 11 is 12.2. The van der Waals surface area contributed by atoms with E-state index in [2.05, 4.69) is 26.0 Å². The molecule has 23 heavy (non-hydrogen) atoms. The number of halogens is 2. The van der Waals surface area contributed by atoms with Crippen molar-refractivity contribution < 1.29 is 0 Å². The van der Waals surface area contributed by atoms with Gasteiger partial charge in [-0.05, 0) is 64.8 Å². The summed E-state index contributed by atoms with van der Waals surface area (Å²) in [4.78, 5) is 0. The topological polar surface area (TPSA) is 52.0 Å². The Morgan fingerprint density at radius 3 is 1.39 bits per heavy atom. The van der Waals surface area contributed by atoms with E-state index in [4.69, 9.17) is 34.7 Å². The number of anilines is 2. The van der Waals surface area contributed by atoms with Crippen LogP contribution in [0.5, 0.6) is 0 Å². The fourth-order valence-corrected chi connectivity index (χ4v) is 3.88. The third kappa shape index (κ3) is 3.59. The summed E-state index contributed by atoms with van der Waals surface area (Å²) in [5.74, 6) is 0.885. The standard InChI is InChI=1S/C19H24Cl2N2/c1-3-14-12(5-7-18(22)16(14)10-20)9-13-6-8-19(23)17(11-21)15(13)4-2/h5-8H,3-4,9-11,22-23H2,1-2H3. The second-order valence-corrected chi connectivity index (χ2v) is 6.23. The lowest BCUT2D eigenvalue weighted by Crippen LogP contribution is -2.06. The molecule has 0 aliphatic heterocycles. The maximum atomic E-state index is 6.10. The molecule has 0 aliphatic rings. The molecule has 124 valence electrons. The average Bonchev–Trinajstić information content (AvgIpc) is 2.56. The van der Waals surface area contributed by atoms with Crippen LogP contribution in [0.15, 0.2) is 24.3 Å². The van der Waals surface area contributed by atoms with E-state index in [9.17, 15) is 0 Å². The predicted octanol–water partition coefficient (Wildman–Crippen LogP) is 5.04. The number of nitrogens with two attached hydrogens (primary N) is 2. The first-order chi connectivity index (χ1) is 11.1. The first kappa shape index (κ1) is 18.0. The van der Waals surface area contributed by atoms with Gasteiger partial charge in [0.1, 0.15) is 0 Å². The van der Waals surface area contributed by atoms with Gasteiger partial charge in [0, 0.05) is 23.1 Å². The summed E-state index contributed by atoms with van der Waals surface area (Å²) in [6, 6.07) is 8.13. The maximum Gasteiger partial charge on any atom is 0.0497 e. The van der Waals surface area contributed by atoms with Crippen molar-refractivity contribution in [2.45, 2.75) is 44.9 Å². The molecule has 0 saturated carbocycles. The Balaban J connectivity index is 2.52. The molecule has 2 aromatic carbocycles. The minimum Gasteiger partial charge on any atom is -0.398 e. The van der Waals surface area contributed by atoms with Crippen molar-refractivity contribution >= 4 is 34.6 Å². The average molecular weight is 351 g/mol. The fraction of sp³-hybridized carbons (Fsp3) is 0.368. The molecule has 0 atom stereocenters. The highest BCUT2D eigenvalue weighted by atomic mass is 35.5. The van der Waals surface area contributed by atoms with Gasteiger partial charge in [0.2, 0.25) is 0 Å². The first-order valence-corrected chi connectivity index (χ1v) is 9.04. The molecule has 0 fully saturated rings. The van der Waals surface area contributed by atoms with Crippen LogP contribution in [0.1, 0.15) is 47.2 Å². The van der Waals surface area contributed by atoms with E-state index >= 15 is 0 Å². The number of rotatable bonds is 6. The number of nitrogen functional groups attached to an aromatic ring is 2. The quantitative estimate of drug-likeness (QED) is 0.566. The van der Waals surface area contributed by atoms with Crippen LogP contribution in [0.25, 0.3) is 0 Å². The van der Waals surface area contributed by atoms with Crippen molar-refractivity contribution in [1.29, 1.82) is 0 Å². The zero-order chi connectivity index (χ0) is 17.0. The highest BCUT2D eigenvalue weighted by Gasteiger charge is 2.14. The van der Waals surface area contributed by atoms with Gasteiger partial charge in [-0.1, -0.05) is 26.0 Å². The fourth-order valence-electron chi connectivity index (χ4n) is 3.25. The second kappa shape index (κ2) is 7.94. The zero-order valence-electron chi connectivity index (χ0n) is 13.8. The maximum absolute atomic E-state index is 6.10. The minimum absolute atomic E-state index is 0.443. The summed E-state index contributed by atoms with van der Waals surface area (Å²) < 4.78 is 0. The van der Waals surface area contributed by atoms with Crippen LogP contribution < -0.4 is 11.5 Å². The molecule has 0 amide bonds. The summed E-state index contributed by atoms with van der Waals surface area (Å²) in [5, 5.41) is 0. The van der Waals surface area contributed by atoms with Gasteiger partial charge in [-0.25, -0.2) is 0 Å². The lowest BCUT2D eigenvalue weighted by molar-refractivity contribution is 0.998. The van der Waals surface area contributed by atoms with Crippen molar-refractivity contribution in [3.05, 3.63) is 57.6 Å². The Morgan fingerprint density at radius 1 is 0.696 bits per heavy atom. The van der Waals surface area contributed by atoms with Gasteiger partial charge in [0.25, 0.3) is 0 Å². The summed E-state index contributed by atoms with van der Waals surface area (Å²) in [7, 11) is 0. The van der Waals surface area contributed by atoms with Gasteiger partial charge < -0.3 is 11.5 Å². The molecule has 0 aliphatic carbocycles. The number of benzene rings is 2. The molecule has 0 bridgehead atoms. The minimum atomic E-state index is 0.443. The van der Waals surface area contributed by atoms with Gasteiger partial charge >= 0.3 is 0 Å². The number of alkyl halides is 2. The molecule has 2 nitrogen and oxygen atoms in total. The highest BCUT2D eigenvalue weighted by molar-refractivity contribution is 6.17. The molecular weight excluding hydrogens is 327 g/mol. The first-order valence-electron chi connectivity index (χ1n) is 7.97. The van der Waals surface area contributed by atoms with Gasteiger partial charge in [0.15, 0.2) is 0 Å². The summed E-state index contributed by atoms with van der Waals surface area (Å²) in [6.07, 6.45) is 2.68. The lowest BCUT2D eigenvalue weighted by Gasteiger charge is -2.18. The monoisotopic (exact) mass is 350 g/mol. The molecule has 4 N–H and O–H groups in total. The third-order valence-electron chi connectivity index (χ3n) is 4.48. The van der Waals surface area contributed by atoms with Crippen molar-refractivity contribution in [2.75, 3.05) is 11.5 Å². The second-order valence-electron chi connectivity index (χ2n) is 5.69. The Kier molecular flexibility index (Phi) is 6.20. The molecule has 0 saturated heterocycles. The molecule has 2 aromatic rings. The van der Waals surface area contributed by atoms with Crippen LogP contribution in [0.2, 0.25) is 0 Å². The van der Waals surface area contributed by atoms with E-state index in [1.54, 1.807) is 0 Å². The van der Waals surface area contributed by atoms with Crippen molar-refractivity contribution in [2.24, 2.45) is 0 Å². The van der Waals surface area contributed by atoms with E-state index < -0.39 is 0 Å². The van der Waals surface area contributed by atoms with Crippen molar-refractivity contribution in [3.8, 4) is 0 Å². The Hall–Kier alpha value is -1.38. The predicted molar refractivity (Wildman–Crippen MR) is 102 cm³/mol. The summed E-state index contributed by atoms with van der Waals surface area (Å²) in [6.45, 7) is 4.28. The Bertz CT molecular complexity index is 637. The van der Waals surface area contributed by atoms with Gasteiger partial charge in [-0.15, -0.1) is 23.2 Å². The van der Waals surface area contributed by atoms with E-state index in [-0.39, 0.29) is 0 Å². The molecule has 4 heteroatoms. The third-order valence-corrected chi connectivity index (χ3v) is 5.02. The van der Waals surface area contributed by atoms with E-state index in [0.29, 0.717) is 11.8 Å². The van der Waals surface area contributed by atoms with E-state index in [1.165, 1.54) is 22.3 Å². The molecule has 0 spiro atoms. The molecule has 0 aromatic heterocycles. The van der Waals surface area contributed by atoms with Crippen LogP contribution >= 0.6 is 23.2 Å². The van der Waals surface area contributed by atoms with Crippen molar-refractivity contribution in [1.82, 2.24) is 0 Å². The van der Waals surface area contributed by atoms with Crippen molar-refractivity contribution in [3.63, 3.8) is 0 Å². The van der Waals surface area contributed by atoms with Crippen LogP contribution in [-0.2, 0) is 31.0 Å². The van der Waals surface area contributed by atoms with Gasteiger partial charge in [-0.3, -0.25) is 0 Å². The highest BCUT2D eigenvalue weighted by Crippen LogP contribution is 2.29. The number of hydrogen-bond donors (Lipinski definition) is 2. The smallest absolute Gasteiger partial charge is 0.0497 e. The van der Waals surface area contributed by atoms with Crippen LogP contribution in [-0.4, -0.2) is 0 Å². The normalized spacial score (nSPS) is 11.0. The Morgan fingerprint density at radius 2 is 1.09 bits per heavy atom. The van der Waals surface area contributed by atoms with Gasteiger partial charge in [0.05, 0.1) is 0 Å². The van der Waals surface area contributed by atoms with E-state index in [1.807, 2.05) is 12.1 Å². The molecule has 0 unspecified atom stereocenters. The van der Waals surface area contributed by atoms with Gasteiger partial charge in [-0.2, -0.15) is 0 Å². The molecule has 0 radical (unpaired) electrons. The van der Waals surface area contributed by atoms with Crippen LogP contribution in [0.4, 0.5) is 11.4 Å². The zero-order valence-corrected chi connectivity index (χ0v) is 15.3. The van der Waals surface area contributed by atoms with Crippen LogP contribution in [0.3, 0.4) is 0 Å². The summed E-state index contributed by atoms with van der Waals surface area (Å²) in [5.41, 5.74) is 20.9. The molecule has 0 heterocycles. The number of hydrogen-bond acceptors (Lipinski definition) is 2. The SMILES string of the molecule is CCc1c(Cc2ccc(N)c(CCl)c2CC)ccc(N)c1CCl. The van der Waals surface area contributed by atoms with Crippen LogP contribution in [0, 0.1) is 0 Å².